The molecule has 6 heteroatoms. The number of nitrogens with zero attached hydrogens (tertiary/aromatic N) is 1. The van der Waals surface area contributed by atoms with Crippen LogP contribution in [-0.4, -0.2) is 32.4 Å². The number of carboxylic acid groups (broad SMARTS) is 1. The maximum atomic E-state index is 10.7. The van der Waals surface area contributed by atoms with Crippen molar-refractivity contribution in [2.45, 2.75) is 19.4 Å². The van der Waals surface area contributed by atoms with Crippen LogP contribution < -0.4 is 5.32 Å². The number of benzene rings is 1. The molecule has 1 unspecified atom stereocenters. The van der Waals surface area contributed by atoms with Gasteiger partial charge in [0.2, 0.25) is 0 Å². The smallest absolute Gasteiger partial charge is 0.404 e. The van der Waals surface area contributed by atoms with Gasteiger partial charge in [-0.05, 0) is 30.5 Å². The first-order valence-corrected chi connectivity index (χ1v) is 6.72. The summed E-state index contributed by atoms with van der Waals surface area (Å²) in [6.07, 6.45) is 5.22. The molecule has 0 saturated carbocycles. The predicted octanol–water partition coefficient (Wildman–Crippen LogP) is 2.76. The molecule has 0 radical (unpaired) electrons. The second kappa shape index (κ2) is 5.32. The van der Waals surface area contributed by atoms with Crippen molar-refractivity contribution in [2.75, 3.05) is 0 Å². The van der Waals surface area contributed by atoms with Crippen molar-refractivity contribution in [3.8, 4) is 11.1 Å². The standard InChI is InChI=1S/C15H16N4O2/c1-9(19-15(20)21)4-11-6-16-14-5-10(2-3-13(11)14)12-7-17-18-8-12/h2-3,5-9,16,19H,4H2,1H3,(H,17,18)(H,20,21). The van der Waals surface area contributed by atoms with E-state index in [1.54, 1.807) is 6.20 Å². The van der Waals surface area contributed by atoms with Crippen LogP contribution in [0.1, 0.15) is 12.5 Å². The number of hydrogen-bond acceptors (Lipinski definition) is 2. The molecule has 0 saturated heterocycles. The molecule has 3 aromatic rings. The highest BCUT2D eigenvalue weighted by Crippen LogP contribution is 2.26. The zero-order valence-corrected chi connectivity index (χ0v) is 11.6. The van der Waals surface area contributed by atoms with Crippen molar-refractivity contribution in [3.05, 3.63) is 42.4 Å². The average molecular weight is 284 g/mol. The summed E-state index contributed by atoms with van der Waals surface area (Å²) in [6.45, 7) is 1.85. The molecule has 4 N–H and O–H groups in total. The number of hydrogen-bond donors (Lipinski definition) is 4. The van der Waals surface area contributed by atoms with Crippen LogP contribution in [-0.2, 0) is 6.42 Å². The Labute approximate surface area is 121 Å². The van der Waals surface area contributed by atoms with Gasteiger partial charge in [0.25, 0.3) is 0 Å². The third kappa shape index (κ3) is 2.74. The number of carbonyl (C=O) groups is 1. The van der Waals surface area contributed by atoms with Crippen molar-refractivity contribution in [1.82, 2.24) is 20.5 Å². The minimum Gasteiger partial charge on any atom is -0.465 e. The van der Waals surface area contributed by atoms with E-state index in [0.717, 1.165) is 27.6 Å². The first-order chi connectivity index (χ1) is 10.1. The van der Waals surface area contributed by atoms with Gasteiger partial charge in [-0.3, -0.25) is 5.10 Å². The number of H-pyrrole nitrogens is 2. The normalized spacial score (nSPS) is 12.4. The molecule has 1 aromatic carbocycles. The Kier molecular flexibility index (Phi) is 3.35. The number of nitrogens with one attached hydrogen (secondary N) is 3. The molecule has 21 heavy (non-hydrogen) atoms. The molecule has 0 fully saturated rings. The maximum absolute atomic E-state index is 10.7. The van der Waals surface area contributed by atoms with Crippen LogP contribution in [0.15, 0.2) is 36.8 Å². The Bertz CT molecular complexity index is 761. The molecule has 108 valence electrons. The van der Waals surface area contributed by atoms with Gasteiger partial charge in [0.15, 0.2) is 0 Å². The fourth-order valence-corrected chi connectivity index (χ4v) is 2.54. The molecule has 2 heterocycles. The third-order valence-corrected chi connectivity index (χ3v) is 3.49. The Morgan fingerprint density at radius 2 is 2.24 bits per heavy atom. The molecule has 1 atom stereocenters. The lowest BCUT2D eigenvalue weighted by molar-refractivity contribution is 0.190. The summed E-state index contributed by atoms with van der Waals surface area (Å²) in [7, 11) is 0. The van der Waals surface area contributed by atoms with Gasteiger partial charge in [-0.2, -0.15) is 5.10 Å². The number of fused-ring (bicyclic) bond motifs is 1. The van der Waals surface area contributed by atoms with E-state index in [2.05, 4.69) is 32.6 Å². The van der Waals surface area contributed by atoms with Crippen LogP contribution in [0.5, 0.6) is 0 Å². The van der Waals surface area contributed by atoms with E-state index in [-0.39, 0.29) is 6.04 Å². The van der Waals surface area contributed by atoms with Crippen molar-refractivity contribution >= 4 is 17.0 Å². The van der Waals surface area contributed by atoms with Gasteiger partial charge < -0.3 is 15.4 Å². The summed E-state index contributed by atoms with van der Waals surface area (Å²) >= 11 is 0. The quantitative estimate of drug-likeness (QED) is 0.593. The van der Waals surface area contributed by atoms with Crippen molar-refractivity contribution in [1.29, 1.82) is 0 Å². The van der Waals surface area contributed by atoms with Crippen LogP contribution >= 0.6 is 0 Å². The summed E-state index contributed by atoms with van der Waals surface area (Å²) < 4.78 is 0. The van der Waals surface area contributed by atoms with Crippen LogP contribution in [0.4, 0.5) is 4.79 Å². The summed E-state index contributed by atoms with van der Waals surface area (Å²) in [6, 6.07) is 6.03. The first-order valence-electron chi connectivity index (χ1n) is 6.72. The number of amides is 1. The molecule has 2 aromatic heterocycles. The van der Waals surface area contributed by atoms with Gasteiger partial charge >= 0.3 is 6.09 Å². The van der Waals surface area contributed by atoms with Crippen molar-refractivity contribution in [2.24, 2.45) is 0 Å². The van der Waals surface area contributed by atoms with Crippen LogP contribution in [0.2, 0.25) is 0 Å². The van der Waals surface area contributed by atoms with Gasteiger partial charge in [-0.25, -0.2) is 4.79 Å². The largest absolute Gasteiger partial charge is 0.465 e. The lowest BCUT2D eigenvalue weighted by Gasteiger charge is -2.10. The topological polar surface area (TPSA) is 93.8 Å². The third-order valence-electron chi connectivity index (χ3n) is 3.49. The van der Waals surface area contributed by atoms with E-state index in [4.69, 9.17) is 5.11 Å². The van der Waals surface area contributed by atoms with Gasteiger partial charge in [-0.1, -0.05) is 12.1 Å². The highest BCUT2D eigenvalue weighted by atomic mass is 16.4. The molecule has 3 rings (SSSR count). The molecule has 0 aliphatic heterocycles. The van der Waals surface area contributed by atoms with E-state index in [0.29, 0.717) is 6.42 Å². The maximum Gasteiger partial charge on any atom is 0.404 e. The molecule has 1 amide bonds. The highest BCUT2D eigenvalue weighted by Gasteiger charge is 2.11. The van der Waals surface area contributed by atoms with E-state index >= 15 is 0 Å². The van der Waals surface area contributed by atoms with Crippen molar-refractivity contribution in [3.63, 3.8) is 0 Å². The van der Waals surface area contributed by atoms with Crippen LogP contribution in [0.3, 0.4) is 0 Å². The van der Waals surface area contributed by atoms with E-state index in [1.165, 1.54) is 0 Å². The molecule has 6 nitrogen and oxygen atoms in total. The van der Waals surface area contributed by atoms with Gasteiger partial charge in [0, 0.05) is 34.9 Å². The zero-order chi connectivity index (χ0) is 14.8. The predicted molar refractivity (Wildman–Crippen MR) is 80.2 cm³/mol. The zero-order valence-electron chi connectivity index (χ0n) is 11.6. The van der Waals surface area contributed by atoms with Crippen molar-refractivity contribution < 1.29 is 9.90 Å². The minimum atomic E-state index is -0.996. The second-order valence-corrected chi connectivity index (χ2v) is 5.12. The fraction of sp³-hybridized carbons (Fsp3) is 0.200. The summed E-state index contributed by atoms with van der Waals surface area (Å²) in [5, 5.41) is 19.1. The molecular weight excluding hydrogens is 268 g/mol. The lowest BCUT2D eigenvalue weighted by Crippen LogP contribution is -2.32. The molecule has 0 aliphatic carbocycles. The Morgan fingerprint density at radius 1 is 1.38 bits per heavy atom. The molecule has 0 spiro atoms. The van der Waals surface area contributed by atoms with E-state index in [1.807, 2.05) is 25.4 Å². The first kappa shape index (κ1) is 13.2. The van der Waals surface area contributed by atoms with E-state index < -0.39 is 6.09 Å². The molecular formula is C15H16N4O2. The monoisotopic (exact) mass is 284 g/mol. The second-order valence-electron chi connectivity index (χ2n) is 5.12. The van der Waals surface area contributed by atoms with Crippen LogP contribution in [0.25, 0.3) is 22.0 Å². The summed E-state index contributed by atoms with van der Waals surface area (Å²) in [4.78, 5) is 13.9. The van der Waals surface area contributed by atoms with Gasteiger partial charge in [-0.15, -0.1) is 0 Å². The summed E-state index contributed by atoms with van der Waals surface area (Å²) in [5.74, 6) is 0. The lowest BCUT2D eigenvalue weighted by atomic mass is 10.0. The number of aromatic nitrogens is 3. The Balaban J connectivity index is 1.87. The Morgan fingerprint density at radius 3 is 2.95 bits per heavy atom. The average Bonchev–Trinajstić information content (AvgIpc) is 3.07. The van der Waals surface area contributed by atoms with Crippen LogP contribution in [0, 0.1) is 0 Å². The molecule has 0 bridgehead atoms. The minimum absolute atomic E-state index is 0.130. The summed E-state index contributed by atoms with van der Waals surface area (Å²) in [5.41, 5.74) is 4.26. The fourth-order valence-electron chi connectivity index (χ4n) is 2.54. The molecule has 0 aliphatic rings. The number of aromatic amines is 2. The SMILES string of the molecule is CC(Cc1c[nH]c2cc(-c3cn[nH]c3)ccc12)NC(=O)O. The van der Waals surface area contributed by atoms with E-state index in [9.17, 15) is 4.79 Å². The highest BCUT2D eigenvalue weighted by molar-refractivity contribution is 5.87. The number of rotatable bonds is 4. The van der Waals surface area contributed by atoms with Gasteiger partial charge in [0.1, 0.15) is 0 Å². The van der Waals surface area contributed by atoms with Gasteiger partial charge in [0.05, 0.1) is 6.20 Å². The Hall–Kier alpha value is -2.76.